The number of ether oxygens (including phenoxy) is 3. The fraction of sp³-hybridized carbons (Fsp3) is 0.558. The first-order chi connectivity index (χ1) is 27.1. The summed E-state index contributed by atoms with van der Waals surface area (Å²) in [6.07, 6.45) is 9.96. The van der Waals surface area contributed by atoms with E-state index < -0.39 is 44.3 Å². The third-order valence-electron chi connectivity index (χ3n) is 12.1. The van der Waals surface area contributed by atoms with Gasteiger partial charge in [-0.15, -0.1) is 0 Å². The highest BCUT2D eigenvalue weighted by molar-refractivity contribution is 7.91. The number of amides is 3. The summed E-state index contributed by atoms with van der Waals surface area (Å²) in [6, 6.07) is 10.2. The van der Waals surface area contributed by atoms with E-state index in [1.165, 1.54) is 0 Å². The molecule has 2 saturated carbocycles. The number of hydrogen-bond donors (Lipinski definition) is 2. The minimum atomic E-state index is -3.95. The molecule has 0 spiro atoms. The molecule has 57 heavy (non-hydrogen) atoms. The summed E-state index contributed by atoms with van der Waals surface area (Å²) in [5.74, 6) is 0.284. The molecular weight excluding hydrogens is 747 g/mol. The van der Waals surface area contributed by atoms with Gasteiger partial charge in [-0.05, 0) is 113 Å². The first-order valence-electron chi connectivity index (χ1n) is 20.3. The van der Waals surface area contributed by atoms with E-state index in [-0.39, 0.29) is 49.7 Å². The number of nitrogens with zero attached hydrogens (tertiary/aromatic N) is 3. The maximum atomic E-state index is 14.5. The Morgan fingerprint density at radius 1 is 1.09 bits per heavy atom. The fourth-order valence-electron chi connectivity index (χ4n) is 8.14. The molecule has 1 aromatic carbocycles. The molecule has 0 bridgehead atoms. The summed E-state index contributed by atoms with van der Waals surface area (Å²) < 4.78 is 45.7. The Bertz CT molecular complexity index is 2150. The molecule has 7 rings (SSSR count). The number of fused-ring (bicyclic) bond motifs is 3. The SMILES string of the molecule is CC[C@H]1CC(=O)N2C[C@H](Oc3nc(-c4ccc(OC(C)C)cn4)cc4cc(OC)ccc34)C[C@H]2C(=O)N[C@]2(C(=O)NS(=O)(=O)C3(C)CC3)C[C@H]2/C=C\CC[C@@H](C)C1. The van der Waals surface area contributed by atoms with E-state index in [2.05, 4.69) is 28.9 Å². The van der Waals surface area contributed by atoms with Gasteiger partial charge in [0.1, 0.15) is 29.2 Å². The molecule has 4 heterocycles. The number of aromatic nitrogens is 2. The Hall–Kier alpha value is -4.72. The average molecular weight is 802 g/mol. The summed E-state index contributed by atoms with van der Waals surface area (Å²) in [6.45, 7) is 9.91. The third-order valence-corrected chi connectivity index (χ3v) is 14.3. The van der Waals surface area contributed by atoms with Crippen LogP contribution in [-0.4, -0.2) is 83.2 Å². The zero-order valence-corrected chi connectivity index (χ0v) is 34.6. The minimum absolute atomic E-state index is 0.00720. The van der Waals surface area contributed by atoms with Crippen LogP contribution in [0.2, 0.25) is 0 Å². The molecule has 3 amide bonds. The number of carbonyl (C=O) groups excluding carboxylic acids is 3. The number of sulfonamides is 1. The van der Waals surface area contributed by atoms with Crippen LogP contribution in [0.25, 0.3) is 22.2 Å². The smallest absolute Gasteiger partial charge is 0.259 e. The van der Waals surface area contributed by atoms with Gasteiger partial charge in [0.25, 0.3) is 5.91 Å². The monoisotopic (exact) mass is 801 g/mol. The molecule has 1 saturated heterocycles. The van der Waals surface area contributed by atoms with E-state index in [9.17, 15) is 22.8 Å². The van der Waals surface area contributed by atoms with Gasteiger partial charge in [0.2, 0.25) is 27.7 Å². The van der Waals surface area contributed by atoms with Gasteiger partial charge >= 0.3 is 0 Å². The predicted molar refractivity (Wildman–Crippen MR) is 216 cm³/mol. The van der Waals surface area contributed by atoms with Crippen LogP contribution in [0, 0.1) is 17.8 Å². The van der Waals surface area contributed by atoms with Crippen molar-refractivity contribution in [2.24, 2.45) is 17.8 Å². The molecule has 2 aromatic heterocycles. The van der Waals surface area contributed by atoms with Gasteiger partial charge in [-0.25, -0.2) is 13.4 Å². The number of methoxy groups -OCH3 is 1. The molecule has 0 radical (unpaired) electrons. The normalized spacial score (nSPS) is 28.0. The van der Waals surface area contributed by atoms with E-state index in [4.69, 9.17) is 19.2 Å². The Morgan fingerprint density at radius 2 is 1.86 bits per heavy atom. The van der Waals surface area contributed by atoms with Gasteiger partial charge in [0, 0.05) is 24.1 Å². The van der Waals surface area contributed by atoms with Crippen LogP contribution in [-0.2, 0) is 24.4 Å². The number of hydrogen-bond acceptors (Lipinski definition) is 10. The molecule has 13 nitrogen and oxygen atoms in total. The predicted octanol–water partition coefficient (Wildman–Crippen LogP) is 6.11. The van der Waals surface area contributed by atoms with E-state index >= 15 is 0 Å². The second-order valence-corrected chi connectivity index (χ2v) is 19.2. The molecule has 3 aromatic rings. The lowest BCUT2D eigenvalue weighted by Gasteiger charge is -2.28. The zero-order chi connectivity index (χ0) is 40.7. The van der Waals surface area contributed by atoms with Crippen molar-refractivity contribution in [3.8, 4) is 28.8 Å². The lowest BCUT2D eigenvalue weighted by molar-refractivity contribution is -0.140. The maximum absolute atomic E-state index is 14.5. The Labute approximate surface area is 335 Å². The number of pyridine rings is 2. The molecule has 0 unspecified atom stereocenters. The minimum Gasteiger partial charge on any atom is -0.497 e. The van der Waals surface area contributed by atoms with Crippen molar-refractivity contribution in [2.75, 3.05) is 13.7 Å². The van der Waals surface area contributed by atoms with Crippen molar-refractivity contribution in [1.82, 2.24) is 24.9 Å². The molecule has 306 valence electrons. The number of rotatable bonds is 10. The van der Waals surface area contributed by atoms with Crippen molar-refractivity contribution in [3.05, 3.63) is 54.7 Å². The fourth-order valence-corrected chi connectivity index (χ4v) is 9.46. The van der Waals surface area contributed by atoms with E-state index in [1.54, 1.807) is 25.1 Å². The van der Waals surface area contributed by atoms with Crippen molar-refractivity contribution in [1.29, 1.82) is 0 Å². The van der Waals surface area contributed by atoms with Crippen LogP contribution in [0.15, 0.2) is 54.7 Å². The molecular formula is C43H55N5O8S. The van der Waals surface area contributed by atoms with Crippen LogP contribution in [0.3, 0.4) is 0 Å². The molecule has 14 heteroatoms. The van der Waals surface area contributed by atoms with Gasteiger partial charge < -0.3 is 24.4 Å². The number of carbonyl (C=O) groups is 3. The average Bonchev–Trinajstić information content (AvgIpc) is 4.05. The van der Waals surface area contributed by atoms with Crippen LogP contribution in [0.5, 0.6) is 17.4 Å². The van der Waals surface area contributed by atoms with Gasteiger partial charge in [-0.1, -0.05) is 32.4 Å². The Kier molecular flexibility index (Phi) is 11.3. The molecule has 2 aliphatic heterocycles. The molecule has 2 N–H and O–H groups in total. The van der Waals surface area contributed by atoms with Gasteiger partial charge in [-0.3, -0.25) is 24.1 Å². The number of allylic oxidation sites excluding steroid dienone is 1. The van der Waals surface area contributed by atoms with Crippen LogP contribution in [0.1, 0.15) is 92.4 Å². The summed E-state index contributed by atoms with van der Waals surface area (Å²) in [5.41, 5.74) is -0.298. The van der Waals surface area contributed by atoms with Crippen molar-refractivity contribution < 1.29 is 37.0 Å². The van der Waals surface area contributed by atoms with Crippen LogP contribution >= 0.6 is 0 Å². The molecule has 3 fully saturated rings. The van der Waals surface area contributed by atoms with Crippen molar-refractivity contribution >= 4 is 38.5 Å². The molecule has 2 aliphatic carbocycles. The largest absolute Gasteiger partial charge is 0.497 e. The standard InChI is InChI=1S/C43H55N5O8S/c1-7-28-18-27(4)10-8-9-11-30-23-43(30,41(51)47-57(52,53)42(5)16-17-42)46-39(50)37-22-33(25-48(37)38(49)19-28)56-40-34-14-12-31(54-6)20-29(34)21-36(45-40)35-15-13-32(24-44-35)55-26(2)3/h9,11-15,20-21,24,26-28,30,33,37H,7-8,10,16-19,22-23,25H2,1-6H3,(H,46,50)(H,47,51)/b11-9-/t27-,28-,30-,33-,37+,43-/m1/s1. The van der Waals surface area contributed by atoms with Gasteiger partial charge in [0.15, 0.2) is 0 Å². The highest BCUT2D eigenvalue weighted by Gasteiger charge is 2.63. The van der Waals surface area contributed by atoms with E-state index in [0.717, 1.165) is 31.1 Å². The Morgan fingerprint density at radius 3 is 2.54 bits per heavy atom. The number of nitrogens with one attached hydrogen (secondary N) is 2. The van der Waals surface area contributed by atoms with Crippen LogP contribution in [0.4, 0.5) is 0 Å². The van der Waals surface area contributed by atoms with Crippen molar-refractivity contribution in [2.45, 2.75) is 121 Å². The van der Waals surface area contributed by atoms with Gasteiger partial charge in [-0.2, -0.15) is 0 Å². The van der Waals surface area contributed by atoms with E-state index in [0.29, 0.717) is 52.9 Å². The molecule has 4 aliphatic rings. The lowest BCUT2D eigenvalue weighted by atomic mass is 9.88. The second-order valence-electron chi connectivity index (χ2n) is 17.0. The zero-order valence-electron chi connectivity index (χ0n) is 33.7. The molecule has 6 atom stereocenters. The maximum Gasteiger partial charge on any atom is 0.259 e. The first-order valence-corrected chi connectivity index (χ1v) is 21.8. The quantitative estimate of drug-likeness (QED) is 0.229. The highest BCUT2D eigenvalue weighted by atomic mass is 32.2. The summed E-state index contributed by atoms with van der Waals surface area (Å²) in [4.78, 5) is 53.7. The summed E-state index contributed by atoms with van der Waals surface area (Å²) in [7, 11) is -2.36. The highest BCUT2D eigenvalue weighted by Crippen LogP contribution is 2.48. The van der Waals surface area contributed by atoms with Crippen LogP contribution < -0.4 is 24.2 Å². The lowest BCUT2D eigenvalue weighted by Crippen LogP contribution is -2.57. The third kappa shape index (κ3) is 8.61. The van der Waals surface area contributed by atoms with Crippen molar-refractivity contribution in [3.63, 3.8) is 0 Å². The Balaban J connectivity index is 1.20. The van der Waals surface area contributed by atoms with Gasteiger partial charge in [0.05, 0.1) is 42.1 Å². The number of benzene rings is 1. The first kappa shape index (κ1) is 40.5. The second kappa shape index (κ2) is 15.9. The summed E-state index contributed by atoms with van der Waals surface area (Å²) in [5, 5.41) is 4.48. The van der Waals surface area contributed by atoms with E-state index in [1.807, 2.05) is 62.4 Å². The summed E-state index contributed by atoms with van der Waals surface area (Å²) >= 11 is 0. The topological polar surface area (TPSA) is 166 Å².